The van der Waals surface area contributed by atoms with Crippen molar-refractivity contribution < 1.29 is 19.1 Å². The molecule has 2 aromatic carbocycles. The van der Waals surface area contributed by atoms with E-state index < -0.39 is 23.5 Å². The van der Waals surface area contributed by atoms with Crippen molar-refractivity contribution in [1.82, 2.24) is 5.32 Å². The Morgan fingerprint density at radius 1 is 1.03 bits per heavy atom. The predicted octanol–water partition coefficient (Wildman–Crippen LogP) is 3.81. The summed E-state index contributed by atoms with van der Waals surface area (Å²) in [5.41, 5.74) is 1.39. The number of anilines is 1. The molecule has 4 rings (SSSR count). The van der Waals surface area contributed by atoms with Crippen LogP contribution in [0.25, 0.3) is 0 Å². The molecule has 6 nitrogen and oxygen atoms in total. The summed E-state index contributed by atoms with van der Waals surface area (Å²) in [6, 6.07) is 16.2. The zero-order valence-electron chi connectivity index (χ0n) is 18.0. The first-order chi connectivity index (χ1) is 15.0. The van der Waals surface area contributed by atoms with Crippen LogP contribution in [0.4, 0.5) is 5.69 Å². The Morgan fingerprint density at radius 3 is 2.35 bits per heavy atom. The van der Waals surface area contributed by atoms with E-state index in [1.165, 1.54) is 7.11 Å². The molecule has 31 heavy (non-hydrogen) atoms. The zero-order chi connectivity index (χ0) is 22.0. The Bertz CT molecular complexity index is 982. The molecule has 6 heteroatoms. The predicted molar refractivity (Wildman–Crippen MR) is 118 cm³/mol. The highest BCUT2D eigenvalue weighted by molar-refractivity contribution is 6.12. The molecule has 1 heterocycles. The van der Waals surface area contributed by atoms with Crippen molar-refractivity contribution in [1.29, 1.82) is 0 Å². The lowest BCUT2D eigenvalue weighted by Gasteiger charge is -2.53. The number of para-hydroxylation sites is 1. The molecule has 0 bridgehead atoms. The van der Waals surface area contributed by atoms with Crippen LogP contribution in [-0.4, -0.2) is 36.5 Å². The number of amides is 2. The molecule has 1 saturated carbocycles. The normalized spacial score (nSPS) is 20.6. The summed E-state index contributed by atoms with van der Waals surface area (Å²) in [6.45, 7) is 1.62. The van der Waals surface area contributed by atoms with Gasteiger partial charge in [-0.1, -0.05) is 55.7 Å². The molecule has 1 aliphatic carbocycles. The summed E-state index contributed by atoms with van der Waals surface area (Å²) in [5, 5.41) is 2.85. The number of hydrogen-bond acceptors (Lipinski definition) is 4. The van der Waals surface area contributed by atoms with Crippen molar-refractivity contribution in [3.8, 4) is 0 Å². The van der Waals surface area contributed by atoms with E-state index in [2.05, 4.69) is 5.32 Å². The molecule has 0 unspecified atom stereocenters. The van der Waals surface area contributed by atoms with Gasteiger partial charge < -0.3 is 15.0 Å². The number of ether oxygens (including phenoxy) is 1. The first kappa shape index (κ1) is 21.1. The number of hydrogen-bond donors (Lipinski definition) is 1. The van der Waals surface area contributed by atoms with Gasteiger partial charge in [0.25, 0.3) is 5.91 Å². The Labute approximate surface area is 182 Å². The number of nitrogens with zero attached hydrogens (tertiary/aromatic N) is 1. The lowest BCUT2D eigenvalue weighted by Crippen LogP contribution is -2.63. The van der Waals surface area contributed by atoms with Crippen LogP contribution in [0.3, 0.4) is 0 Å². The third kappa shape index (κ3) is 3.60. The van der Waals surface area contributed by atoms with Gasteiger partial charge in [0.15, 0.2) is 0 Å². The average Bonchev–Trinajstić information content (AvgIpc) is 2.80. The molecular formula is C25H28N2O4. The molecule has 0 radical (unpaired) electrons. The fraction of sp³-hybridized carbons (Fsp3) is 0.400. The molecule has 1 fully saturated rings. The molecule has 2 atom stereocenters. The lowest BCUT2D eigenvalue weighted by atomic mass is 9.65. The van der Waals surface area contributed by atoms with Crippen molar-refractivity contribution in [2.45, 2.75) is 56.5 Å². The molecule has 0 aromatic heterocycles. The van der Waals surface area contributed by atoms with Gasteiger partial charge in [-0.3, -0.25) is 9.59 Å². The minimum atomic E-state index is -0.770. The van der Waals surface area contributed by atoms with Crippen LogP contribution in [0, 0.1) is 0 Å². The van der Waals surface area contributed by atoms with E-state index in [0.29, 0.717) is 5.56 Å². The maximum absolute atomic E-state index is 13.8. The number of nitrogens with one attached hydrogen (secondary N) is 1. The van der Waals surface area contributed by atoms with Gasteiger partial charge in [0, 0.05) is 11.3 Å². The second-order valence-corrected chi connectivity index (χ2v) is 8.41. The van der Waals surface area contributed by atoms with Crippen LogP contribution in [0.15, 0.2) is 54.6 Å². The van der Waals surface area contributed by atoms with Crippen molar-refractivity contribution in [2.75, 3.05) is 12.0 Å². The van der Waals surface area contributed by atoms with Crippen LogP contribution in [-0.2, 0) is 14.3 Å². The number of methoxy groups -OCH3 is 1. The van der Waals surface area contributed by atoms with Gasteiger partial charge in [-0.2, -0.15) is 0 Å². The van der Waals surface area contributed by atoms with Crippen LogP contribution < -0.4 is 10.2 Å². The Balaban J connectivity index is 1.87. The molecule has 2 aliphatic rings. The summed E-state index contributed by atoms with van der Waals surface area (Å²) < 4.78 is 4.80. The van der Waals surface area contributed by atoms with Crippen molar-refractivity contribution >= 4 is 23.5 Å². The Morgan fingerprint density at radius 2 is 1.68 bits per heavy atom. The van der Waals surface area contributed by atoms with E-state index >= 15 is 0 Å². The van der Waals surface area contributed by atoms with Gasteiger partial charge in [0.05, 0.1) is 18.6 Å². The minimum absolute atomic E-state index is 0.0752. The van der Waals surface area contributed by atoms with E-state index in [-0.39, 0.29) is 11.8 Å². The molecular weight excluding hydrogens is 392 g/mol. The van der Waals surface area contributed by atoms with Gasteiger partial charge in [0.2, 0.25) is 5.91 Å². The first-order valence-electron chi connectivity index (χ1n) is 10.9. The van der Waals surface area contributed by atoms with E-state index in [1.807, 2.05) is 53.4 Å². The number of fused-ring (bicyclic) bond motifs is 1. The maximum atomic E-state index is 13.8. The first-order valence-corrected chi connectivity index (χ1v) is 10.9. The highest BCUT2D eigenvalue weighted by Gasteiger charge is 2.55. The summed E-state index contributed by atoms with van der Waals surface area (Å²) >= 11 is 0. The van der Waals surface area contributed by atoms with E-state index in [0.717, 1.165) is 43.4 Å². The van der Waals surface area contributed by atoms with Gasteiger partial charge >= 0.3 is 5.97 Å². The molecule has 162 valence electrons. The van der Waals surface area contributed by atoms with Crippen LogP contribution in [0.2, 0.25) is 0 Å². The Kier molecular flexibility index (Phi) is 5.81. The summed E-state index contributed by atoms with van der Waals surface area (Å²) in [6.07, 6.45) is 4.41. The lowest BCUT2D eigenvalue weighted by molar-refractivity contribution is -0.145. The number of rotatable bonds is 4. The zero-order valence-corrected chi connectivity index (χ0v) is 18.0. The standard InChI is InChI=1S/C25H28N2O4/c1-17(24(30)31-2)26-22(28)21-19-13-7-8-14-20(19)23(29)27(18-11-5-3-6-12-18)25(21)15-9-4-10-16-25/h3,5-8,11-14,17,21H,4,9-10,15-16H2,1-2H3,(H,26,28)/t17-,21-/m1/s1. The molecule has 1 spiro atoms. The number of carbonyl (C=O) groups is 3. The quantitative estimate of drug-likeness (QED) is 0.763. The maximum Gasteiger partial charge on any atom is 0.328 e. The second kappa shape index (κ2) is 8.53. The number of benzene rings is 2. The van der Waals surface area contributed by atoms with Gasteiger partial charge in [-0.05, 0) is 43.5 Å². The highest BCUT2D eigenvalue weighted by Crippen LogP contribution is 2.50. The third-order valence-corrected chi connectivity index (χ3v) is 6.60. The van der Waals surface area contributed by atoms with Crippen LogP contribution in [0.5, 0.6) is 0 Å². The fourth-order valence-corrected chi connectivity index (χ4v) is 5.23. The monoisotopic (exact) mass is 420 g/mol. The Hall–Kier alpha value is -3.15. The highest BCUT2D eigenvalue weighted by atomic mass is 16.5. The molecule has 0 saturated heterocycles. The smallest absolute Gasteiger partial charge is 0.328 e. The van der Waals surface area contributed by atoms with Crippen molar-refractivity contribution in [3.63, 3.8) is 0 Å². The summed E-state index contributed by atoms with van der Waals surface area (Å²) in [7, 11) is 1.30. The van der Waals surface area contributed by atoms with Gasteiger partial charge in [-0.15, -0.1) is 0 Å². The van der Waals surface area contributed by atoms with Crippen LogP contribution >= 0.6 is 0 Å². The average molecular weight is 421 g/mol. The fourth-order valence-electron chi connectivity index (χ4n) is 5.23. The second-order valence-electron chi connectivity index (χ2n) is 8.41. The molecule has 2 aromatic rings. The number of esters is 1. The van der Waals surface area contributed by atoms with Crippen molar-refractivity contribution in [3.05, 3.63) is 65.7 Å². The topological polar surface area (TPSA) is 75.7 Å². The minimum Gasteiger partial charge on any atom is -0.467 e. The largest absolute Gasteiger partial charge is 0.467 e. The molecule has 2 amide bonds. The summed E-state index contributed by atoms with van der Waals surface area (Å²) in [4.78, 5) is 41.3. The van der Waals surface area contributed by atoms with Crippen molar-refractivity contribution in [2.24, 2.45) is 0 Å². The number of carbonyl (C=O) groups excluding carboxylic acids is 3. The SMILES string of the molecule is COC(=O)[C@@H](C)NC(=O)[C@H]1c2ccccc2C(=O)N(c2ccccc2)C12CCCCC2. The van der Waals surface area contributed by atoms with Gasteiger partial charge in [-0.25, -0.2) is 4.79 Å². The summed E-state index contributed by atoms with van der Waals surface area (Å²) in [5.74, 6) is -1.39. The van der Waals surface area contributed by atoms with Gasteiger partial charge in [0.1, 0.15) is 6.04 Å². The van der Waals surface area contributed by atoms with E-state index in [1.54, 1.807) is 13.0 Å². The molecule has 1 aliphatic heterocycles. The van der Waals surface area contributed by atoms with Crippen LogP contribution in [0.1, 0.15) is 60.9 Å². The van der Waals surface area contributed by atoms with E-state index in [4.69, 9.17) is 4.74 Å². The molecule has 1 N–H and O–H groups in total. The van der Waals surface area contributed by atoms with E-state index in [9.17, 15) is 14.4 Å². The third-order valence-electron chi connectivity index (χ3n) is 6.60.